The lowest BCUT2D eigenvalue weighted by Crippen LogP contribution is -2.65. The quantitative estimate of drug-likeness (QED) is 0.414. The Morgan fingerprint density at radius 3 is 1.47 bits per heavy atom. The Kier molecular flexibility index (Phi) is 9.22. The molecule has 1 fully saturated rings. The van der Waals surface area contributed by atoms with Gasteiger partial charge in [0.15, 0.2) is 12.2 Å². The molecule has 1 rings (SSSR count). The Labute approximate surface area is 174 Å². The van der Waals surface area contributed by atoms with E-state index in [9.17, 15) is 24.0 Å². The van der Waals surface area contributed by atoms with Crippen molar-refractivity contribution in [3.05, 3.63) is 0 Å². The highest BCUT2D eigenvalue weighted by Crippen LogP contribution is 2.33. The van der Waals surface area contributed by atoms with Crippen LogP contribution in [0.1, 0.15) is 48.5 Å². The number of carbonyl (C=O) groups is 5. The maximum atomic E-state index is 11.8. The van der Waals surface area contributed by atoms with Crippen LogP contribution in [0.3, 0.4) is 0 Å². The standard InChI is InChI=1S/C19H28O11/c1-8(2)14(25-9(3)20)15-16(26-10(4)21)17(27-11(5)22)18(28-12(6)23)19(30-15)29-13(7)24/h8,14-19H,1-7H3/t14-,15+,16+,17-,18-,19-/m0/s1. The first-order chi connectivity index (χ1) is 13.8. The average Bonchev–Trinajstić information content (AvgIpc) is 2.55. The molecule has 0 radical (unpaired) electrons. The molecule has 1 aliphatic heterocycles. The third-order valence-corrected chi connectivity index (χ3v) is 4.00. The Morgan fingerprint density at radius 1 is 0.633 bits per heavy atom. The summed E-state index contributed by atoms with van der Waals surface area (Å²) in [5, 5.41) is 0. The SMILES string of the molecule is CC(=O)O[C@H]1O[C@H]([C@@H](OC(C)=O)C(C)C)[C@@H](OC(C)=O)[C@H](OC(C)=O)[C@@H]1OC(C)=O. The summed E-state index contributed by atoms with van der Waals surface area (Å²) in [5.74, 6) is -4.03. The molecule has 11 heteroatoms. The number of ether oxygens (including phenoxy) is 6. The van der Waals surface area contributed by atoms with Crippen molar-refractivity contribution in [3.63, 3.8) is 0 Å². The van der Waals surface area contributed by atoms with Gasteiger partial charge in [0, 0.05) is 34.6 Å². The summed E-state index contributed by atoms with van der Waals surface area (Å²) >= 11 is 0. The summed E-state index contributed by atoms with van der Waals surface area (Å²) in [6, 6.07) is 0. The molecular weight excluding hydrogens is 404 g/mol. The zero-order valence-corrected chi connectivity index (χ0v) is 18.0. The van der Waals surface area contributed by atoms with Crippen LogP contribution in [0, 0.1) is 5.92 Å². The van der Waals surface area contributed by atoms with Gasteiger partial charge in [-0.3, -0.25) is 24.0 Å². The second-order valence-electron chi connectivity index (χ2n) is 7.12. The highest BCUT2D eigenvalue weighted by atomic mass is 16.7. The largest absolute Gasteiger partial charge is 0.459 e. The molecule has 0 bridgehead atoms. The fourth-order valence-electron chi connectivity index (χ4n) is 3.10. The summed E-state index contributed by atoms with van der Waals surface area (Å²) in [6.07, 6.45) is -7.82. The van der Waals surface area contributed by atoms with E-state index in [1.54, 1.807) is 13.8 Å². The molecule has 1 aliphatic rings. The molecule has 0 aromatic rings. The third-order valence-electron chi connectivity index (χ3n) is 4.00. The van der Waals surface area contributed by atoms with E-state index in [-0.39, 0.29) is 5.92 Å². The fraction of sp³-hybridized carbons (Fsp3) is 0.737. The summed E-state index contributed by atoms with van der Waals surface area (Å²) in [7, 11) is 0. The summed E-state index contributed by atoms with van der Waals surface area (Å²) in [5.41, 5.74) is 0. The third kappa shape index (κ3) is 7.29. The summed E-state index contributed by atoms with van der Waals surface area (Å²) < 4.78 is 32.1. The second kappa shape index (κ2) is 10.9. The van der Waals surface area contributed by atoms with Gasteiger partial charge in [-0.1, -0.05) is 13.8 Å². The summed E-state index contributed by atoms with van der Waals surface area (Å²) in [4.78, 5) is 58.4. The summed E-state index contributed by atoms with van der Waals surface area (Å²) in [6.45, 7) is 9.06. The van der Waals surface area contributed by atoms with Gasteiger partial charge in [-0.2, -0.15) is 0 Å². The molecule has 0 aliphatic carbocycles. The predicted molar refractivity (Wildman–Crippen MR) is 97.5 cm³/mol. The van der Waals surface area contributed by atoms with Gasteiger partial charge in [-0.25, -0.2) is 0 Å². The van der Waals surface area contributed by atoms with Crippen molar-refractivity contribution in [2.75, 3.05) is 0 Å². The van der Waals surface area contributed by atoms with Crippen LogP contribution in [0.25, 0.3) is 0 Å². The smallest absolute Gasteiger partial charge is 0.305 e. The van der Waals surface area contributed by atoms with Crippen LogP contribution in [0.4, 0.5) is 0 Å². The first-order valence-electron chi connectivity index (χ1n) is 9.35. The Bertz CT molecular complexity index is 671. The molecule has 0 N–H and O–H groups in total. The predicted octanol–water partition coefficient (Wildman–Crippen LogP) is 0.657. The molecule has 1 saturated heterocycles. The van der Waals surface area contributed by atoms with Gasteiger partial charge >= 0.3 is 29.8 Å². The minimum atomic E-state index is -1.51. The van der Waals surface area contributed by atoms with E-state index in [2.05, 4.69) is 0 Å². The van der Waals surface area contributed by atoms with Gasteiger partial charge in [-0.15, -0.1) is 0 Å². The van der Waals surface area contributed by atoms with Crippen LogP contribution < -0.4 is 0 Å². The molecule has 0 aromatic heterocycles. The molecular formula is C19H28O11. The van der Waals surface area contributed by atoms with Crippen LogP contribution in [-0.4, -0.2) is 66.7 Å². The first-order valence-corrected chi connectivity index (χ1v) is 9.35. The fourth-order valence-corrected chi connectivity index (χ4v) is 3.10. The van der Waals surface area contributed by atoms with Crippen LogP contribution in [0.5, 0.6) is 0 Å². The van der Waals surface area contributed by atoms with Gasteiger partial charge in [-0.05, 0) is 5.92 Å². The van der Waals surface area contributed by atoms with E-state index in [1.807, 2.05) is 0 Å². The van der Waals surface area contributed by atoms with Crippen molar-refractivity contribution in [2.24, 2.45) is 5.92 Å². The number of hydrogen-bond donors (Lipinski definition) is 0. The van der Waals surface area contributed by atoms with Gasteiger partial charge in [0.1, 0.15) is 12.2 Å². The van der Waals surface area contributed by atoms with Crippen molar-refractivity contribution in [1.82, 2.24) is 0 Å². The number of esters is 5. The molecule has 0 unspecified atom stereocenters. The highest BCUT2D eigenvalue weighted by Gasteiger charge is 2.56. The Balaban J connectivity index is 3.53. The Morgan fingerprint density at radius 2 is 1.07 bits per heavy atom. The van der Waals surface area contributed by atoms with E-state index in [4.69, 9.17) is 28.4 Å². The molecule has 1 heterocycles. The van der Waals surface area contributed by atoms with E-state index in [0.717, 1.165) is 27.7 Å². The molecule has 30 heavy (non-hydrogen) atoms. The molecule has 0 aromatic carbocycles. The van der Waals surface area contributed by atoms with Crippen molar-refractivity contribution in [2.45, 2.75) is 85.3 Å². The van der Waals surface area contributed by atoms with Gasteiger partial charge in [0.2, 0.25) is 12.4 Å². The average molecular weight is 432 g/mol. The molecule has 0 saturated carbocycles. The monoisotopic (exact) mass is 432 g/mol. The number of hydrogen-bond acceptors (Lipinski definition) is 11. The normalized spacial score (nSPS) is 26.9. The second-order valence-corrected chi connectivity index (χ2v) is 7.12. The molecule has 0 spiro atoms. The van der Waals surface area contributed by atoms with Crippen molar-refractivity contribution in [1.29, 1.82) is 0 Å². The number of rotatable bonds is 7. The van der Waals surface area contributed by atoms with E-state index in [1.165, 1.54) is 6.92 Å². The van der Waals surface area contributed by atoms with Gasteiger partial charge in [0.05, 0.1) is 0 Å². The van der Waals surface area contributed by atoms with Crippen LogP contribution in [-0.2, 0) is 52.4 Å². The molecule has 11 nitrogen and oxygen atoms in total. The Hall–Kier alpha value is -2.69. The van der Waals surface area contributed by atoms with Gasteiger partial charge in [0.25, 0.3) is 0 Å². The highest BCUT2D eigenvalue weighted by molar-refractivity contribution is 5.69. The van der Waals surface area contributed by atoms with E-state index >= 15 is 0 Å². The van der Waals surface area contributed by atoms with Crippen LogP contribution in [0.15, 0.2) is 0 Å². The van der Waals surface area contributed by atoms with Crippen LogP contribution >= 0.6 is 0 Å². The molecule has 6 atom stereocenters. The zero-order valence-electron chi connectivity index (χ0n) is 18.0. The van der Waals surface area contributed by atoms with Crippen molar-refractivity contribution < 1.29 is 52.4 Å². The number of carbonyl (C=O) groups excluding carboxylic acids is 5. The maximum absolute atomic E-state index is 11.8. The molecule has 0 amide bonds. The lowest BCUT2D eigenvalue weighted by atomic mass is 9.89. The lowest BCUT2D eigenvalue weighted by Gasteiger charge is -2.46. The van der Waals surface area contributed by atoms with E-state index < -0.39 is 66.7 Å². The van der Waals surface area contributed by atoms with Crippen molar-refractivity contribution >= 4 is 29.8 Å². The van der Waals surface area contributed by atoms with Crippen molar-refractivity contribution in [3.8, 4) is 0 Å². The minimum Gasteiger partial charge on any atom is -0.459 e. The topological polar surface area (TPSA) is 141 Å². The first kappa shape index (κ1) is 25.3. The minimum absolute atomic E-state index is 0.335. The van der Waals surface area contributed by atoms with E-state index in [0.29, 0.717) is 0 Å². The van der Waals surface area contributed by atoms with Gasteiger partial charge < -0.3 is 28.4 Å². The molecule has 170 valence electrons. The lowest BCUT2D eigenvalue weighted by molar-refractivity contribution is -0.310. The van der Waals surface area contributed by atoms with Crippen LogP contribution in [0.2, 0.25) is 0 Å². The zero-order chi connectivity index (χ0) is 23.2. The maximum Gasteiger partial charge on any atom is 0.305 e.